The van der Waals surface area contributed by atoms with Crippen LogP contribution in [0.4, 0.5) is 30.2 Å². The van der Waals surface area contributed by atoms with Gasteiger partial charge in [-0.3, -0.25) is 34.7 Å². The average Bonchev–Trinajstić information content (AvgIpc) is 2.77. The molecule has 0 saturated carbocycles. The molecular formula is C22H16F3N3O6. The minimum atomic E-state index is -4.83. The molecule has 0 N–H and O–H groups in total. The minimum Gasteiger partial charge on any atom is -0.294 e. The van der Waals surface area contributed by atoms with Gasteiger partial charge < -0.3 is 0 Å². The Balaban J connectivity index is 1.89. The van der Waals surface area contributed by atoms with Crippen molar-refractivity contribution in [3.8, 4) is 0 Å². The van der Waals surface area contributed by atoms with Crippen molar-refractivity contribution in [2.45, 2.75) is 37.8 Å². The highest BCUT2D eigenvalue weighted by Crippen LogP contribution is 2.46. The number of nitrogens with zero attached hydrogens (tertiary/aromatic N) is 3. The van der Waals surface area contributed by atoms with Gasteiger partial charge in [0, 0.05) is 48.2 Å². The Morgan fingerprint density at radius 3 is 2.35 bits per heavy atom. The van der Waals surface area contributed by atoms with Gasteiger partial charge in [0.05, 0.1) is 15.4 Å². The molecule has 34 heavy (non-hydrogen) atoms. The fourth-order valence-corrected chi connectivity index (χ4v) is 4.45. The summed E-state index contributed by atoms with van der Waals surface area (Å²) in [5.74, 6) is -1.78. The third-order valence-corrected chi connectivity index (χ3v) is 5.90. The molecule has 0 radical (unpaired) electrons. The van der Waals surface area contributed by atoms with E-state index in [4.69, 9.17) is 0 Å². The van der Waals surface area contributed by atoms with E-state index in [1.54, 1.807) is 6.07 Å². The van der Waals surface area contributed by atoms with Crippen LogP contribution in [0.5, 0.6) is 0 Å². The third kappa shape index (κ3) is 4.02. The van der Waals surface area contributed by atoms with Gasteiger partial charge in [0.1, 0.15) is 5.69 Å². The number of rotatable bonds is 4. The van der Waals surface area contributed by atoms with Crippen molar-refractivity contribution in [3.05, 3.63) is 85.1 Å². The molecule has 0 saturated heterocycles. The molecule has 4 rings (SSSR count). The predicted octanol–water partition coefficient (Wildman–Crippen LogP) is 5.05. The number of allylic oxidation sites excluding steroid dienone is 2. The van der Waals surface area contributed by atoms with Crippen molar-refractivity contribution in [2.24, 2.45) is 0 Å². The molecular weight excluding hydrogens is 459 g/mol. The Morgan fingerprint density at radius 1 is 0.971 bits per heavy atom. The summed E-state index contributed by atoms with van der Waals surface area (Å²) < 4.78 is 39.4. The average molecular weight is 475 g/mol. The summed E-state index contributed by atoms with van der Waals surface area (Å²) >= 11 is 0. The van der Waals surface area contributed by atoms with Crippen LogP contribution in [0.2, 0.25) is 0 Å². The molecule has 0 fully saturated rings. The SMILES string of the molecule is O=C1CCCC2=C1C(c1cccc([N+](=O)[O-])c1)CC(=O)N2c1ccc(C(F)(F)F)cc1[N+](=O)[O-]. The van der Waals surface area contributed by atoms with Gasteiger partial charge in [-0.15, -0.1) is 0 Å². The predicted molar refractivity (Wildman–Crippen MR) is 112 cm³/mol. The van der Waals surface area contributed by atoms with Gasteiger partial charge in [-0.1, -0.05) is 12.1 Å². The van der Waals surface area contributed by atoms with Crippen molar-refractivity contribution in [1.82, 2.24) is 0 Å². The van der Waals surface area contributed by atoms with Gasteiger partial charge >= 0.3 is 6.18 Å². The number of hydrogen-bond donors (Lipinski definition) is 0. The van der Waals surface area contributed by atoms with E-state index in [0.717, 1.165) is 11.0 Å². The van der Waals surface area contributed by atoms with Gasteiger partial charge in [-0.2, -0.15) is 13.2 Å². The Hall–Kier alpha value is -4.09. The van der Waals surface area contributed by atoms with Crippen LogP contribution < -0.4 is 4.90 Å². The number of Topliss-reactive ketones (excluding diaryl/α,β-unsaturated/α-hetero) is 1. The molecule has 0 spiro atoms. The molecule has 2 aromatic carbocycles. The van der Waals surface area contributed by atoms with E-state index in [2.05, 4.69) is 0 Å². The van der Waals surface area contributed by atoms with Crippen LogP contribution in [-0.2, 0) is 15.8 Å². The molecule has 2 aliphatic rings. The molecule has 1 aliphatic carbocycles. The highest BCUT2D eigenvalue weighted by molar-refractivity contribution is 6.08. The number of ketones is 1. The van der Waals surface area contributed by atoms with Crippen molar-refractivity contribution in [1.29, 1.82) is 0 Å². The van der Waals surface area contributed by atoms with Crippen LogP contribution in [-0.4, -0.2) is 21.5 Å². The lowest BCUT2D eigenvalue weighted by Crippen LogP contribution is -2.40. The first-order valence-electron chi connectivity index (χ1n) is 10.2. The number of nitro groups is 2. The third-order valence-electron chi connectivity index (χ3n) is 5.90. The number of halogens is 3. The molecule has 2 aromatic rings. The first-order chi connectivity index (χ1) is 16.0. The second-order valence-corrected chi connectivity index (χ2v) is 7.93. The highest BCUT2D eigenvalue weighted by atomic mass is 19.4. The molecule has 12 heteroatoms. The summed E-state index contributed by atoms with van der Waals surface area (Å²) in [5, 5.41) is 22.8. The summed E-state index contributed by atoms with van der Waals surface area (Å²) in [5.41, 5.74) is -2.00. The molecule has 1 aliphatic heterocycles. The summed E-state index contributed by atoms with van der Waals surface area (Å²) in [6, 6.07) is 7.38. The lowest BCUT2D eigenvalue weighted by atomic mass is 9.77. The van der Waals surface area contributed by atoms with Crippen LogP contribution in [0, 0.1) is 20.2 Å². The van der Waals surface area contributed by atoms with E-state index in [1.165, 1.54) is 18.2 Å². The zero-order valence-electron chi connectivity index (χ0n) is 17.4. The van der Waals surface area contributed by atoms with Gasteiger partial charge in [-0.05, 0) is 30.5 Å². The van der Waals surface area contributed by atoms with Crippen LogP contribution >= 0.6 is 0 Å². The van der Waals surface area contributed by atoms with E-state index in [9.17, 15) is 43.0 Å². The topological polar surface area (TPSA) is 124 Å². The lowest BCUT2D eigenvalue weighted by Gasteiger charge is -2.38. The highest BCUT2D eigenvalue weighted by Gasteiger charge is 2.42. The maximum Gasteiger partial charge on any atom is 0.416 e. The maximum absolute atomic E-state index is 13.2. The fourth-order valence-electron chi connectivity index (χ4n) is 4.45. The smallest absolute Gasteiger partial charge is 0.294 e. The van der Waals surface area contributed by atoms with E-state index >= 15 is 0 Å². The van der Waals surface area contributed by atoms with E-state index in [1.807, 2.05) is 0 Å². The molecule has 1 heterocycles. The van der Waals surface area contributed by atoms with Crippen molar-refractivity contribution >= 4 is 28.8 Å². The number of anilines is 1. The standard InChI is InChI=1S/C22H16F3N3O6/c23-22(24,25)13-7-8-16(18(10-13)28(33)34)26-17-5-2-6-19(29)21(17)15(11-20(26)30)12-3-1-4-14(9-12)27(31)32/h1,3-4,7-10,15H,2,5-6,11H2. The summed E-state index contributed by atoms with van der Waals surface area (Å²) in [4.78, 5) is 48.3. The van der Waals surface area contributed by atoms with Crippen LogP contribution in [0.25, 0.3) is 0 Å². The number of carbonyl (C=O) groups excluding carboxylic acids is 2. The maximum atomic E-state index is 13.2. The molecule has 176 valence electrons. The first-order valence-corrected chi connectivity index (χ1v) is 10.2. The van der Waals surface area contributed by atoms with Gasteiger partial charge in [0.25, 0.3) is 11.4 Å². The number of benzene rings is 2. The van der Waals surface area contributed by atoms with Crippen LogP contribution in [0.3, 0.4) is 0 Å². The summed E-state index contributed by atoms with van der Waals surface area (Å²) in [6.07, 6.45) is -4.47. The Morgan fingerprint density at radius 2 is 1.71 bits per heavy atom. The van der Waals surface area contributed by atoms with Gasteiger partial charge in [0.2, 0.25) is 5.91 Å². The second-order valence-electron chi connectivity index (χ2n) is 7.93. The minimum absolute atomic E-state index is 0.154. The molecule has 0 bridgehead atoms. The van der Waals surface area contributed by atoms with Gasteiger partial charge in [0.15, 0.2) is 5.78 Å². The molecule has 0 aromatic heterocycles. The van der Waals surface area contributed by atoms with Crippen molar-refractivity contribution in [3.63, 3.8) is 0 Å². The molecule has 1 amide bonds. The zero-order valence-corrected chi connectivity index (χ0v) is 17.4. The summed E-state index contributed by atoms with van der Waals surface area (Å²) in [6.45, 7) is 0. The molecule has 1 unspecified atom stereocenters. The van der Waals surface area contributed by atoms with E-state index < -0.39 is 39.1 Å². The lowest BCUT2D eigenvalue weighted by molar-refractivity contribution is -0.385. The molecule has 9 nitrogen and oxygen atoms in total. The van der Waals surface area contributed by atoms with Crippen molar-refractivity contribution < 1.29 is 32.6 Å². The van der Waals surface area contributed by atoms with Crippen LogP contribution in [0.15, 0.2) is 53.7 Å². The summed E-state index contributed by atoms with van der Waals surface area (Å²) in [7, 11) is 0. The van der Waals surface area contributed by atoms with Gasteiger partial charge in [-0.25, -0.2) is 0 Å². The fraction of sp³-hybridized carbons (Fsp3) is 0.273. The normalized spacial score (nSPS) is 18.7. The Kier molecular flexibility index (Phi) is 5.67. The van der Waals surface area contributed by atoms with Crippen molar-refractivity contribution in [2.75, 3.05) is 4.90 Å². The monoisotopic (exact) mass is 475 g/mol. The Bertz CT molecular complexity index is 1270. The first kappa shape index (κ1) is 23.1. The largest absolute Gasteiger partial charge is 0.416 e. The second kappa shape index (κ2) is 8.36. The molecule has 1 atom stereocenters. The Labute approximate surface area is 189 Å². The number of carbonyl (C=O) groups is 2. The van der Waals surface area contributed by atoms with Crippen LogP contribution in [0.1, 0.15) is 42.7 Å². The van der Waals surface area contributed by atoms with E-state index in [0.29, 0.717) is 24.1 Å². The van der Waals surface area contributed by atoms with E-state index in [-0.39, 0.29) is 47.7 Å². The number of alkyl halides is 3. The quantitative estimate of drug-likeness (QED) is 0.450. The number of amides is 1. The number of nitro benzene ring substituents is 2. The zero-order chi connectivity index (χ0) is 24.8. The number of hydrogen-bond acceptors (Lipinski definition) is 6. The number of non-ortho nitro benzene ring substituents is 1.